The molecule has 1 aliphatic heterocycles. The Balaban J connectivity index is 1.44. The molecule has 1 fully saturated rings. The van der Waals surface area contributed by atoms with E-state index in [4.69, 9.17) is 0 Å². The molecule has 3 rings (SSSR count). The summed E-state index contributed by atoms with van der Waals surface area (Å²) in [5.41, 5.74) is 1.92. The van der Waals surface area contributed by atoms with Crippen molar-refractivity contribution in [1.29, 1.82) is 0 Å². The summed E-state index contributed by atoms with van der Waals surface area (Å²) in [5.74, 6) is 0.137. The molecule has 2 aromatic rings. The molecule has 1 saturated heterocycles. The standard InChI is InChI=1S/C20H25N3O2S/c1-15-12-18(16(2)26-15)20(25)23-10-8-22(9-11-23)14-19(24)21-13-17-6-4-3-5-7-17/h3-7,12H,8-11,13-14H2,1-2H3,(H,21,24). The van der Waals surface area contributed by atoms with Gasteiger partial charge >= 0.3 is 0 Å². The van der Waals surface area contributed by atoms with Gasteiger partial charge in [0.2, 0.25) is 5.91 Å². The lowest BCUT2D eigenvalue weighted by Gasteiger charge is -2.34. The van der Waals surface area contributed by atoms with Gasteiger partial charge in [-0.2, -0.15) is 0 Å². The highest BCUT2D eigenvalue weighted by Gasteiger charge is 2.24. The molecule has 0 saturated carbocycles. The highest BCUT2D eigenvalue weighted by atomic mass is 32.1. The van der Waals surface area contributed by atoms with Crippen LogP contribution in [0.25, 0.3) is 0 Å². The zero-order valence-electron chi connectivity index (χ0n) is 15.3. The molecule has 26 heavy (non-hydrogen) atoms. The highest BCUT2D eigenvalue weighted by molar-refractivity contribution is 7.12. The van der Waals surface area contributed by atoms with E-state index in [1.54, 1.807) is 11.3 Å². The first kappa shape index (κ1) is 18.6. The molecule has 2 amide bonds. The van der Waals surface area contributed by atoms with Crippen molar-refractivity contribution in [2.24, 2.45) is 0 Å². The number of thiophene rings is 1. The van der Waals surface area contributed by atoms with Crippen LogP contribution in [0.4, 0.5) is 0 Å². The molecular weight excluding hydrogens is 346 g/mol. The maximum Gasteiger partial charge on any atom is 0.255 e. The lowest BCUT2D eigenvalue weighted by molar-refractivity contribution is -0.122. The third-order valence-corrected chi connectivity index (χ3v) is 5.60. The minimum absolute atomic E-state index is 0.0259. The van der Waals surface area contributed by atoms with Crippen LogP contribution in [0.5, 0.6) is 0 Å². The summed E-state index contributed by atoms with van der Waals surface area (Å²) >= 11 is 1.66. The SMILES string of the molecule is Cc1cc(C(=O)N2CCN(CC(=O)NCc3ccccc3)CC2)c(C)s1. The van der Waals surface area contributed by atoms with E-state index in [0.29, 0.717) is 26.2 Å². The Morgan fingerprint density at radius 3 is 2.38 bits per heavy atom. The van der Waals surface area contributed by atoms with Gasteiger partial charge < -0.3 is 10.2 Å². The predicted molar refractivity (Wildman–Crippen MR) is 104 cm³/mol. The molecule has 6 heteroatoms. The van der Waals surface area contributed by atoms with E-state index in [0.717, 1.165) is 29.1 Å². The quantitative estimate of drug-likeness (QED) is 0.878. The van der Waals surface area contributed by atoms with Gasteiger partial charge in [0.25, 0.3) is 5.91 Å². The fourth-order valence-electron chi connectivity index (χ4n) is 3.18. The first-order valence-corrected chi connectivity index (χ1v) is 9.74. The number of nitrogens with one attached hydrogen (secondary N) is 1. The van der Waals surface area contributed by atoms with Gasteiger partial charge in [0.1, 0.15) is 0 Å². The van der Waals surface area contributed by atoms with Crippen molar-refractivity contribution in [3.8, 4) is 0 Å². The van der Waals surface area contributed by atoms with Crippen molar-refractivity contribution in [2.45, 2.75) is 20.4 Å². The Labute approximate surface area is 158 Å². The van der Waals surface area contributed by atoms with Crippen LogP contribution in [0, 0.1) is 13.8 Å². The van der Waals surface area contributed by atoms with Crippen LogP contribution in [0.3, 0.4) is 0 Å². The van der Waals surface area contributed by atoms with Crippen LogP contribution >= 0.6 is 11.3 Å². The second-order valence-corrected chi connectivity index (χ2v) is 8.12. The fraction of sp³-hybridized carbons (Fsp3) is 0.400. The van der Waals surface area contributed by atoms with Gasteiger partial charge in [-0.3, -0.25) is 14.5 Å². The van der Waals surface area contributed by atoms with Crippen LogP contribution < -0.4 is 5.32 Å². The van der Waals surface area contributed by atoms with Crippen LogP contribution in [0.2, 0.25) is 0 Å². The highest BCUT2D eigenvalue weighted by Crippen LogP contribution is 2.22. The van der Waals surface area contributed by atoms with Crippen LogP contribution in [-0.2, 0) is 11.3 Å². The molecule has 0 radical (unpaired) electrons. The van der Waals surface area contributed by atoms with Crippen molar-refractivity contribution in [3.63, 3.8) is 0 Å². The van der Waals surface area contributed by atoms with Crippen molar-refractivity contribution < 1.29 is 9.59 Å². The largest absolute Gasteiger partial charge is 0.351 e. The van der Waals surface area contributed by atoms with Crippen LogP contribution in [0.15, 0.2) is 36.4 Å². The van der Waals surface area contributed by atoms with Crippen LogP contribution in [0.1, 0.15) is 25.7 Å². The van der Waals surface area contributed by atoms with E-state index in [1.807, 2.05) is 55.1 Å². The molecule has 0 unspecified atom stereocenters. The molecule has 1 aromatic carbocycles. The number of amides is 2. The molecule has 0 aliphatic carbocycles. The number of aryl methyl sites for hydroxylation is 2. The summed E-state index contributed by atoms with van der Waals surface area (Å²) in [5, 5.41) is 2.96. The molecule has 138 valence electrons. The monoisotopic (exact) mass is 371 g/mol. The number of hydrogen-bond donors (Lipinski definition) is 1. The molecule has 1 N–H and O–H groups in total. The average molecular weight is 372 g/mol. The molecule has 5 nitrogen and oxygen atoms in total. The number of hydrogen-bond acceptors (Lipinski definition) is 4. The maximum absolute atomic E-state index is 12.7. The third-order valence-electron chi connectivity index (χ3n) is 4.63. The number of piperazine rings is 1. The maximum atomic E-state index is 12.7. The number of benzene rings is 1. The third kappa shape index (κ3) is 4.71. The van der Waals surface area contributed by atoms with Crippen molar-refractivity contribution in [2.75, 3.05) is 32.7 Å². The summed E-state index contributed by atoms with van der Waals surface area (Å²) in [6, 6.07) is 11.9. The lowest BCUT2D eigenvalue weighted by Crippen LogP contribution is -2.51. The number of nitrogens with zero attached hydrogens (tertiary/aromatic N) is 2. The van der Waals surface area contributed by atoms with Gasteiger partial charge in [-0.05, 0) is 25.5 Å². The van der Waals surface area contributed by atoms with Gasteiger partial charge in [0.15, 0.2) is 0 Å². The minimum Gasteiger partial charge on any atom is -0.351 e. The Bertz CT molecular complexity index is 765. The second kappa shape index (κ2) is 8.47. The summed E-state index contributed by atoms with van der Waals surface area (Å²) in [7, 11) is 0. The van der Waals surface area contributed by atoms with Crippen molar-refractivity contribution in [1.82, 2.24) is 15.1 Å². The summed E-state index contributed by atoms with van der Waals surface area (Å²) < 4.78 is 0. The molecule has 2 heterocycles. The van der Waals surface area contributed by atoms with E-state index in [2.05, 4.69) is 10.2 Å². The van der Waals surface area contributed by atoms with Gasteiger partial charge in [-0.1, -0.05) is 30.3 Å². The Morgan fingerprint density at radius 2 is 1.77 bits per heavy atom. The Kier molecular flexibility index (Phi) is 6.06. The van der Waals surface area contributed by atoms with E-state index in [9.17, 15) is 9.59 Å². The van der Waals surface area contributed by atoms with E-state index < -0.39 is 0 Å². The zero-order valence-corrected chi connectivity index (χ0v) is 16.1. The molecule has 0 spiro atoms. The van der Waals surface area contributed by atoms with Crippen molar-refractivity contribution >= 4 is 23.2 Å². The summed E-state index contributed by atoms with van der Waals surface area (Å²) in [6.45, 7) is 7.75. The fourth-order valence-corrected chi connectivity index (χ4v) is 4.09. The smallest absolute Gasteiger partial charge is 0.255 e. The first-order chi connectivity index (χ1) is 12.5. The van der Waals surface area contributed by atoms with Gasteiger partial charge in [-0.15, -0.1) is 11.3 Å². The van der Waals surface area contributed by atoms with E-state index in [-0.39, 0.29) is 11.8 Å². The van der Waals surface area contributed by atoms with Crippen LogP contribution in [-0.4, -0.2) is 54.3 Å². The average Bonchev–Trinajstić information content (AvgIpc) is 2.99. The normalized spacial score (nSPS) is 15.1. The lowest BCUT2D eigenvalue weighted by atomic mass is 10.2. The Hall–Kier alpha value is -2.18. The van der Waals surface area contributed by atoms with E-state index in [1.165, 1.54) is 4.88 Å². The predicted octanol–water partition coefficient (Wildman–Crippen LogP) is 2.44. The van der Waals surface area contributed by atoms with Gasteiger partial charge in [0, 0.05) is 42.5 Å². The topological polar surface area (TPSA) is 52.7 Å². The Morgan fingerprint density at radius 1 is 1.08 bits per heavy atom. The van der Waals surface area contributed by atoms with Gasteiger partial charge in [-0.25, -0.2) is 0 Å². The molecule has 0 atom stereocenters. The van der Waals surface area contributed by atoms with Gasteiger partial charge in [0.05, 0.1) is 12.1 Å². The number of carbonyl (C=O) groups excluding carboxylic acids is 2. The number of carbonyl (C=O) groups is 2. The van der Waals surface area contributed by atoms with E-state index >= 15 is 0 Å². The summed E-state index contributed by atoms with van der Waals surface area (Å²) in [6.07, 6.45) is 0. The molecule has 1 aromatic heterocycles. The molecule has 1 aliphatic rings. The summed E-state index contributed by atoms with van der Waals surface area (Å²) in [4.78, 5) is 31.0. The zero-order chi connectivity index (χ0) is 18.5. The first-order valence-electron chi connectivity index (χ1n) is 8.92. The second-order valence-electron chi connectivity index (χ2n) is 6.66. The molecular formula is C20H25N3O2S. The number of rotatable bonds is 5. The molecule has 0 bridgehead atoms. The van der Waals surface area contributed by atoms with Crippen molar-refractivity contribution in [3.05, 3.63) is 57.3 Å². The minimum atomic E-state index is 0.0259.